The third-order valence-electron chi connectivity index (χ3n) is 18.0. The van der Waals surface area contributed by atoms with Gasteiger partial charge >= 0.3 is 0 Å². The van der Waals surface area contributed by atoms with E-state index in [1.165, 1.54) is 64.6 Å². The van der Waals surface area contributed by atoms with Crippen molar-refractivity contribution in [2.24, 2.45) is 0 Å². The summed E-state index contributed by atoms with van der Waals surface area (Å²) in [5.41, 5.74) is 17.0. The first-order valence-electron chi connectivity index (χ1n) is 30.5. The lowest BCUT2D eigenvalue weighted by molar-refractivity contribution is 1.18. The first kappa shape index (κ1) is 51.1. The van der Waals surface area contributed by atoms with Crippen LogP contribution in [-0.4, -0.2) is 29.9 Å². The van der Waals surface area contributed by atoms with Crippen LogP contribution in [0.1, 0.15) is 0 Å². The summed E-state index contributed by atoms with van der Waals surface area (Å²) in [6.45, 7) is 0. The molecule has 0 radical (unpaired) electrons. The van der Waals surface area contributed by atoms with Gasteiger partial charge in [-0.25, -0.2) is 29.9 Å². The molecule has 416 valence electrons. The van der Waals surface area contributed by atoms with Crippen molar-refractivity contribution in [3.63, 3.8) is 0 Å². The highest BCUT2D eigenvalue weighted by molar-refractivity contribution is 6.28. The van der Waals surface area contributed by atoms with Crippen molar-refractivity contribution in [1.82, 2.24) is 29.9 Å². The Bertz CT molecular complexity index is 5650. The van der Waals surface area contributed by atoms with Gasteiger partial charge in [-0.1, -0.05) is 279 Å². The standard InChI is InChI=1S/C84H50N6/c1-5-15-51(16-6-1)72-49-73(52-17-7-2-8-18-52)86-82(85-72)62-33-31-61(32-34-62)80-71-48-65(66-43-39-59-29-27-55-23-13-25-57-41-45-68(66)78(59)76(55)57)47-70(67-44-40-60-30-28-56-24-14-26-58-42-46-69(67)79(60)77(56)58)81(71)90-84(89-80)64-37-35-63(36-38-64)83-87-74(53-19-9-3-10-20-53)50-75(88-83)54-21-11-4-12-22-54/h1-50H. The van der Waals surface area contributed by atoms with E-state index in [0.29, 0.717) is 17.5 Å². The highest BCUT2D eigenvalue weighted by Gasteiger charge is 2.23. The Hall–Kier alpha value is -12.1. The SMILES string of the molecule is c1ccc(-c2cc(-c3ccccc3)nc(-c3ccc(-c4nc(-c5ccc(-c6nc(-c7ccccc7)cc(-c7ccccc7)n6)cc5)c5cc(-c6ccc7ccc8cccc9ccc6c7c89)cc(-c6ccc7ccc8cccc9ccc6c7c89)c5n4)cc3)n2)cc1. The summed E-state index contributed by atoms with van der Waals surface area (Å²) in [4.78, 5) is 32.3. The van der Waals surface area contributed by atoms with Crippen LogP contribution >= 0.6 is 0 Å². The normalized spacial score (nSPS) is 11.8. The summed E-state index contributed by atoms with van der Waals surface area (Å²) in [5, 5.41) is 15.7. The molecular formula is C84H50N6. The average Bonchev–Trinajstić information content (AvgIpc) is 0.768. The van der Waals surface area contributed by atoms with E-state index < -0.39 is 0 Å². The molecule has 90 heavy (non-hydrogen) atoms. The highest BCUT2D eigenvalue weighted by Crippen LogP contribution is 2.47. The number of fused-ring (bicyclic) bond motifs is 1. The fraction of sp³-hybridized carbons (Fsp3) is 0. The maximum atomic E-state index is 5.77. The van der Waals surface area contributed by atoms with E-state index in [9.17, 15) is 0 Å². The number of benzene rings is 15. The van der Waals surface area contributed by atoms with Crippen molar-refractivity contribution < 1.29 is 0 Å². The van der Waals surface area contributed by atoms with E-state index in [0.717, 1.165) is 106 Å². The van der Waals surface area contributed by atoms with E-state index in [1.807, 2.05) is 48.5 Å². The maximum Gasteiger partial charge on any atom is 0.160 e. The number of hydrogen-bond acceptors (Lipinski definition) is 6. The van der Waals surface area contributed by atoms with Crippen molar-refractivity contribution in [2.45, 2.75) is 0 Å². The number of hydrogen-bond donors (Lipinski definition) is 0. The van der Waals surface area contributed by atoms with Gasteiger partial charge in [0.1, 0.15) is 0 Å². The minimum Gasteiger partial charge on any atom is -0.228 e. The Morgan fingerprint density at radius 3 is 0.944 bits per heavy atom. The van der Waals surface area contributed by atoms with Gasteiger partial charge in [0.2, 0.25) is 0 Å². The van der Waals surface area contributed by atoms with Crippen molar-refractivity contribution in [3.05, 3.63) is 303 Å². The minimum absolute atomic E-state index is 0.595. The monoisotopic (exact) mass is 1140 g/mol. The summed E-state index contributed by atoms with van der Waals surface area (Å²) in [5.74, 6) is 1.86. The van der Waals surface area contributed by atoms with E-state index in [2.05, 4.69) is 255 Å². The molecular weight excluding hydrogens is 1090 g/mol. The summed E-state index contributed by atoms with van der Waals surface area (Å²) in [7, 11) is 0. The van der Waals surface area contributed by atoms with Gasteiger partial charge in [0.15, 0.2) is 17.5 Å². The van der Waals surface area contributed by atoms with Crippen LogP contribution in [0.15, 0.2) is 303 Å². The molecule has 0 atom stereocenters. The molecule has 18 aromatic rings. The van der Waals surface area contributed by atoms with Crippen LogP contribution in [0, 0.1) is 0 Å². The maximum absolute atomic E-state index is 5.77. The van der Waals surface area contributed by atoms with Gasteiger partial charge in [0.25, 0.3) is 0 Å². The Labute approximate surface area is 518 Å². The zero-order valence-corrected chi connectivity index (χ0v) is 48.6. The Morgan fingerprint density at radius 1 is 0.178 bits per heavy atom. The van der Waals surface area contributed by atoms with Crippen LogP contribution < -0.4 is 0 Å². The van der Waals surface area contributed by atoms with Crippen molar-refractivity contribution in [1.29, 1.82) is 0 Å². The van der Waals surface area contributed by atoms with Gasteiger partial charge in [0.05, 0.1) is 34.0 Å². The molecule has 6 heteroatoms. The number of aromatic nitrogens is 6. The average molecular weight is 1140 g/mol. The lowest BCUT2D eigenvalue weighted by Crippen LogP contribution is -1.99. The van der Waals surface area contributed by atoms with Gasteiger partial charge < -0.3 is 0 Å². The van der Waals surface area contributed by atoms with Crippen LogP contribution in [0.25, 0.3) is 188 Å². The molecule has 0 aliphatic rings. The molecule has 0 saturated carbocycles. The zero-order valence-electron chi connectivity index (χ0n) is 48.6. The molecule has 0 fully saturated rings. The highest BCUT2D eigenvalue weighted by atomic mass is 14.9. The molecule has 0 aliphatic heterocycles. The summed E-state index contributed by atoms with van der Waals surface area (Å²) in [6, 6.07) is 108. The molecule has 0 amide bonds. The number of rotatable bonds is 10. The second-order valence-electron chi connectivity index (χ2n) is 23.3. The van der Waals surface area contributed by atoms with Gasteiger partial charge in [-0.3, -0.25) is 0 Å². The molecule has 15 aromatic carbocycles. The summed E-state index contributed by atoms with van der Waals surface area (Å²) < 4.78 is 0. The first-order chi connectivity index (χ1) is 44.6. The second-order valence-corrected chi connectivity index (χ2v) is 23.3. The Balaban J connectivity index is 0.876. The van der Waals surface area contributed by atoms with Crippen molar-refractivity contribution >= 4 is 75.5 Å². The van der Waals surface area contributed by atoms with Crippen LogP contribution in [-0.2, 0) is 0 Å². The van der Waals surface area contributed by atoms with E-state index in [4.69, 9.17) is 29.9 Å². The lowest BCUT2D eigenvalue weighted by Gasteiger charge is -2.19. The molecule has 0 saturated heterocycles. The molecule has 0 N–H and O–H groups in total. The van der Waals surface area contributed by atoms with Crippen LogP contribution in [0.3, 0.4) is 0 Å². The molecule has 3 heterocycles. The molecule has 0 bridgehead atoms. The minimum atomic E-state index is 0.595. The first-order valence-corrected chi connectivity index (χ1v) is 30.5. The van der Waals surface area contributed by atoms with Gasteiger partial charge in [-0.05, 0) is 106 Å². The summed E-state index contributed by atoms with van der Waals surface area (Å²) >= 11 is 0. The third-order valence-corrected chi connectivity index (χ3v) is 18.0. The molecule has 0 aliphatic carbocycles. The molecule has 0 spiro atoms. The second kappa shape index (κ2) is 20.8. The van der Waals surface area contributed by atoms with Crippen molar-refractivity contribution in [3.8, 4) is 113 Å². The quantitative estimate of drug-likeness (QED) is 0.127. The van der Waals surface area contributed by atoms with Crippen LogP contribution in [0.4, 0.5) is 0 Å². The van der Waals surface area contributed by atoms with E-state index >= 15 is 0 Å². The molecule has 18 rings (SSSR count). The van der Waals surface area contributed by atoms with Gasteiger partial charge in [-0.15, -0.1) is 0 Å². The predicted octanol–water partition coefficient (Wildman–Crippen LogP) is 21.7. The van der Waals surface area contributed by atoms with Gasteiger partial charge in [0, 0.05) is 55.5 Å². The van der Waals surface area contributed by atoms with E-state index in [-0.39, 0.29) is 0 Å². The lowest BCUT2D eigenvalue weighted by atomic mass is 9.86. The Morgan fingerprint density at radius 2 is 0.522 bits per heavy atom. The fourth-order valence-corrected chi connectivity index (χ4v) is 13.6. The zero-order chi connectivity index (χ0) is 59.2. The molecule has 0 unspecified atom stereocenters. The fourth-order valence-electron chi connectivity index (χ4n) is 13.6. The van der Waals surface area contributed by atoms with Crippen LogP contribution in [0.5, 0.6) is 0 Å². The molecule has 3 aromatic heterocycles. The van der Waals surface area contributed by atoms with Gasteiger partial charge in [-0.2, -0.15) is 0 Å². The topological polar surface area (TPSA) is 77.3 Å². The largest absolute Gasteiger partial charge is 0.228 e. The molecule has 6 nitrogen and oxygen atoms in total. The third kappa shape index (κ3) is 8.64. The number of nitrogens with zero attached hydrogens (tertiary/aromatic N) is 6. The van der Waals surface area contributed by atoms with Crippen LogP contribution in [0.2, 0.25) is 0 Å². The Kier molecular flexibility index (Phi) is 11.8. The smallest absolute Gasteiger partial charge is 0.160 e. The van der Waals surface area contributed by atoms with Crippen molar-refractivity contribution in [2.75, 3.05) is 0 Å². The predicted molar refractivity (Wildman–Crippen MR) is 372 cm³/mol. The van der Waals surface area contributed by atoms with E-state index in [1.54, 1.807) is 0 Å². The summed E-state index contributed by atoms with van der Waals surface area (Å²) in [6.07, 6.45) is 0.